The molecule has 0 fully saturated rings. The van der Waals surface area contributed by atoms with Gasteiger partial charge in [-0.15, -0.1) is 0 Å². The number of hydrogen-bond donors (Lipinski definition) is 0. The molecule has 0 unspecified atom stereocenters. The standard InChI is InChI=1S/C15H20F2.C2H6/c1-9(2)15(10(3)4)8-7-11-12(16)5-6-13(17)14(11)15;1-2/h5-6,9-10H,7-8H2,1-4H3;1-2H3. The average molecular weight is 268 g/mol. The summed E-state index contributed by atoms with van der Waals surface area (Å²) < 4.78 is 27.9. The zero-order chi connectivity index (χ0) is 14.8. The van der Waals surface area contributed by atoms with Crippen molar-refractivity contribution in [3.8, 4) is 0 Å². The van der Waals surface area contributed by atoms with Gasteiger partial charge < -0.3 is 0 Å². The topological polar surface area (TPSA) is 0 Å². The summed E-state index contributed by atoms with van der Waals surface area (Å²) >= 11 is 0. The molecule has 2 heteroatoms. The van der Waals surface area contributed by atoms with Crippen molar-refractivity contribution >= 4 is 0 Å². The molecule has 0 aromatic heterocycles. The molecule has 1 aliphatic rings. The second-order valence-corrected chi connectivity index (χ2v) is 5.73. The van der Waals surface area contributed by atoms with Crippen molar-refractivity contribution in [2.45, 2.75) is 59.8 Å². The van der Waals surface area contributed by atoms with E-state index in [0.29, 0.717) is 29.4 Å². The van der Waals surface area contributed by atoms with Gasteiger partial charge in [0.15, 0.2) is 0 Å². The van der Waals surface area contributed by atoms with Gasteiger partial charge in [-0.2, -0.15) is 0 Å². The minimum atomic E-state index is -0.246. The molecule has 19 heavy (non-hydrogen) atoms. The Morgan fingerprint density at radius 2 is 1.42 bits per heavy atom. The molecule has 0 saturated heterocycles. The highest BCUT2D eigenvalue weighted by Gasteiger charge is 2.46. The molecule has 0 atom stereocenters. The van der Waals surface area contributed by atoms with Gasteiger partial charge >= 0.3 is 0 Å². The van der Waals surface area contributed by atoms with Crippen LogP contribution in [0.15, 0.2) is 12.1 Å². The minimum Gasteiger partial charge on any atom is -0.207 e. The minimum absolute atomic E-state index is 0.207. The van der Waals surface area contributed by atoms with Crippen LogP contribution in [-0.2, 0) is 11.8 Å². The number of benzene rings is 1. The molecule has 0 nitrogen and oxygen atoms in total. The summed E-state index contributed by atoms with van der Waals surface area (Å²) in [6, 6.07) is 2.53. The van der Waals surface area contributed by atoms with Gasteiger partial charge in [-0.3, -0.25) is 0 Å². The van der Waals surface area contributed by atoms with E-state index in [1.165, 1.54) is 12.1 Å². The quantitative estimate of drug-likeness (QED) is 0.665. The molecule has 108 valence electrons. The van der Waals surface area contributed by atoms with Gasteiger partial charge in [0.25, 0.3) is 0 Å². The molecule has 0 heterocycles. The summed E-state index contributed by atoms with van der Waals surface area (Å²) in [5, 5.41) is 0. The van der Waals surface area contributed by atoms with Crippen LogP contribution in [0.3, 0.4) is 0 Å². The first kappa shape index (κ1) is 16.1. The van der Waals surface area contributed by atoms with E-state index in [0.717, 1.165) is 6.42 Å². The predicted molar refractivity (Wildman–Crippen MR) is 77.4 cm³/mol. The third kappa shape index (κ3) is 2.42. The van der Waals surface area contributed by atoms with E-state index >= 15 is 0 Å². The van der Waals surface area contributed by atoms with Crippen LogP contribution >= 0.6 is 0 Å². The lowest BCUT2D eigenvalue weighted by Crippen LogP contribution is -2.36. The maximum atomic E-state index is 14.1. The highest BCUT2D eigenvalue weighted by Crippen LogP contribution is 2.50. The Kier molecular flexibility index (Phi) is 5.11. The third-order valence-corrected chi connectivity index (χ3v) is 4.52. The largest absolute Gasteiger partial charge is 0.207 e. The van der Waals surface area contributed by atoms with Gasteiger partial charge in [-0.05, 0) is 42.4 Å². The molecule has 0 radical (unpaired) electrons. The fourth-order valence-corrected chi connectivity index (χ4v) is 3.62. The third-order valence-electron chi connectivity index (χ3n) is 4.52. The predicted octanol–water partition coefficient (Wildman–Crippen LogP) is 5.49. The van der Waals surface area contributed by atoms with E-state index < -0.39 is 0 Å². The normalized spacial score (nSPS) is 16.3. The molecule has 1 aromatic rings. The maximum absolute atomic E-state index is 14.1. The molecule has 0 bridgehead atoms. The van der Waals surface area contributed by atoms with Gasteiger partial charge in [0.2, 0.25) is 0 Å². The maximum Gasteiger partial charge on any atom is 0.127 e. The molecule has 0 spiro atoms. The SMILES string of the molecule is CC.CC(C)C1(C(C)C)CCc2c(F)ccc(F)c21. The van der Waals surface area contributed by atoms with Gasteiger partial charge in [0.1, 0.15) is 11.6 Å². The summed E-state index contributed by atoms with van der Waals surface area (Å²) in [4.78, 5) is 0. The summed E-state index contributed by atoms with van der Waals surface area (Å²) in [7, 11) is 0. The Morgan fingerprint density at radius 3 is 1.89 bits per heavy atom. The first-order chi connectivity index (χ1) is 8.91. The van der Waals surface area contributed by atoms with Crippen LogP contribution in [0, 0.1) is 23.5 Å². The lowest BCUT2D eigenvalue weighted by atomic mass is 9.65. The summed E-state index contributed by atoms with van der Waals surface area (Å²) in [6.45, 7) is 12.4. The number of hydrogen-bond acceptors (Lipinski definition) is 0. The molecule has 0 aliphatic heterocycles. The lowest BCUT2D eigenvalue weighted by Gasteiger charge is -2.39. The molecule has 0 N–H and O–H groups in total. The first-order valence-corrected chi connectivity index (χ1v) is 7.38. The Morgan fingerprint density at radius 1 is 0.947 bits per heavy atom. The molecular weight excluding hydrogens is 242 g/mol. The van der Waals surface area contributed by atoms with Crippen molar-refractivity contribution in [3.63, 3.8) is 0 Å². The van der Waals surface area contributed by atoms with Crippen molar-refractivity contribution in [2.24, 2.45) is 11.8 Å². The molecule has 0 saturated carbocycles. The van der Waals surface area contributed by atoms with Crippen LogP contribution in [-0.4, -0.2) is 0 Å². The van der Waals surface area contributed by atoms with Crippen molar-refractivity contribution in [3.05, 3.63) is 34.9 Å². The average Bonchev–Trinajstić information content (AvgIpc) is 2.79. The Balaban J connectivity index is 0.000000861. The van der Waals surface area contributed by atoms with E-state index in [9.17, 15) is 8.78 Å². The van der Waals surface area contributed by atoms with Crippen molar-refractivity contribution in [1.29, 1.82) is 0 Å². The van der Waals surface area contributed by atoms with Crippen molar-refractivity contribution < 1.29 is 8.78 Å². The fourth-order valence-electron chi connectivity index (χ4n) is 3.62. The zero-order valence-electron chi connectivity index (χ0n) is 13.0. The van der Waals surface area contributed by atoms with Crippen LogP contribution in [0.25, 0.3) is 0 Å². The van der Waals surface area contributed by atoms with E-state index in [1.54, 1.807) is 0 Å². The van der Waals surface area contributed by atoms with Crippen LogP contribution in [0.1, 0.15) is 59.1 Å². The van der Waals surface area contributed by atoms with Gasteiger partial charge in [0.05, 0.1) is 0 Å². The molecule has 0 amide bonds. The Bertz CT molecular complexity index is 425. The van der Waals surface area contributed by atoms with Crippen LogP contribution in [0.4, 0.5) is 8.78 Å². The highest BCUT2D eigenvalue weighted by molar-refractivity contribution is 5.42. The van der Waals surface area contributed by atoms with E-state index in [4.69, 9.17) is 0 Å². The van der Waals surface area contributed by atoms with E-state index in [1.807, 2.05) is 13.8 Å². The van der Waals surface area contributed by atoms with Gasteiger partial charge in [-0.25, -0.2) is 8.78 Å². The molecular formula is C17H26F2. The Hall–Kier alpha value is -0.920. The number of halogens is 2. The highest BCUT2D eigenvalue weighted by atomic mass is 19.1. The number of fused-ring (bicyclic) bond motifs is 1. The Labute approximate surface area is 116 Å². The molecule has 2 rings (SSSR count). The lowest BCUT2D eigenvalue weighted by molar-refractivity contribution is 0.212. The van der Waals surface area contributed by atoms with Crippen LogP contribution in [0.5, 0.6) is 0 Å². The van der Waals surface area contributed by atoms with Crippen molar-refractivity contribution in [2.75, 3.05) is 0 Å². The zero-order valence-corrected chi connectivity index (χ0v) is 13.0. The second kappa shape index (κ2) is 6.02. The van der Waals surface area contributed by atoms with Crippen molar-refractivity contribution in [1.82, 2.24) is 0 Å². The fraction of sp³-hybridized carbons (Fsp3) is 0.647. The van der Waals surface area contributed by atoms with Crippen LogP contribution in [0.2, 0.25) is 0 Å². The second-order valence-electron chi connectivity index (χ2n) is 5.73. The van der Waals surface area contributed by atoms with Crippen LogP contribution < -0.4 is 0 Å². The smallest absolute Gasteiger partial charge is 0.127 e. The van der Waals surface area contributed by atoms with Gasteiger partial charge in [-0.1, -0.05) is 41.5 Å². The van der Waals surface area contributed by atoms with Gasteiger partial charge in [0, 0.05) is 11.0 Å². The molecule has 1 aliphatic carbocycles. The van der Waals surface area contributed by atoms with E-state index in [2.05, 4.69) is 27.7 Å². The molecule has 1 aromatic carbocycles. The number of rotatable bonds is 2. The summed E-state index contributed by atoms with van der Waals surface area (Å²) in [5.74, 6) is 0.158. The van der Waals surface area contributed by atoms with E-state index in [-0.39, 0.29) is 17.0 Å². The monoisotopic (exact) mass is 268 g/mol. The summed E-state index contributed by atoms with van der Waals surface area (Å²) in [6.07, 6.45) is 1.52. The first-order valence-electron chi connectivity index (χ1n) is 7.38. The summed E-state index contributed by atoms with van der Waals surface area (Å²) in [5.41, 5.74) is 1.04.